The number of pyridine rings is 1. The fourth-order valence-corrected chi connectivity index (χ4v) is 3.60. The number of hydrogen-bond donors (Lipinski definition) is 2. The van der Waals surface area contributed by atoms with Crippen LogP contribution in [0.15, 0.2) is 103 Å². The van der Waals surface area contributed by atoms with Gasteiger partial charge in [-0.3, -0.25) is 14.6 Å². The van der Waals surface area contributed by atoms with E-state index in [1.807, 2.05) is 84.9 Å². The van der Waals surface area contributed by atoms with Crippen LogP contribution in [0.2, 0.25) is 0 Å². The molecular formula is C27H19N3O2. The highest BCUT2D eigenvalue weighted by molar-refractivity contribution is 6.07. The first-order valence-corrected chi connectivity index (χ1v) is 10.2. The predicted octanol–water partition coefficient (Wildman–Crippen LogP) is 5.89. The molecule has 4 aromatic carbocycles. The summed E-state index contributed by atoms with van der Waals surface area (Å²) in [6.45, 7) is 0. The minimum atomic E-state index is -0.332. The number of aromatic nitrogens is 1. The summed E-state index contributed by atoms with van der Waals surface area (Å²) in [5.74, 6) is -0.615. The summed E-state index contributed by atoms with van der Waals surface area (Å²) < 4.78 is 0. The van der Waals surface area contributed by atoms with Crippen molar-refractivity contribution in [1.29, 1.82) is 0 Å². The molecule has 0 atom stereocenters. The number of carbonyl (C=O) groups is 2. The first kappa shape index (κ1) is 19.5. The molecule has 0 saturated carbocycles. The number of nitrogens with one attached hydrogen (secondary N) is 2. The van der Waals surface area contributed by atoms with Gasteiger partial charge in [0.05, 0.1) is 5.56 Å². The van der Waals surface area contributed by atoms with E-state index in [9.17, 15) is 9.59 Å². The topological polar surface area (TPSA) is 71.1 Å². The Morgan fingerprint density at radius 2 is 1.09 bits per heavy atom. The maximum absolute atomic E-state index is 12.6. The van der Waals surface area contributed by atoms with Crippen molar-refractivity contribution in [3.63, 3.8) is 0 Å². The molecule has 154 valence electrons. The second-order valence-corrected chi connectivity index (χ2v) is 7.46. The Hall–Kier alpha value is -4.51. The van der Waals surface area contributed by atoms with Crippen LogP contribution in [-0.4, -0.2) is 16.8 Å². The smallest absolute Gasteiger partial charge is 0.274 e. The Kier molecular flexibility index (Phi) is 5.06. The van der Waals surface area contributed by atoms with Gasteiger partial charge in [-0.1, -0.05) is 60.7 Å². The molecule has 0 saturated heterocycles. The molecule has 5 heteroatoms. The summed E-state index contributed by atoms with van der Waals surface area (Å²) in [4.78, 5) is 29.3. The van der Waals surface area contributed by atoms with Crippen LogP contribution in [0.1, 0.15) is 20.8 Å². The van der Waals surface area contributed by atoms with Gasteiger partial charge < -0.3 is 10.6 Å². The van der Waals surface area contributed by atoms with Crippen LogP contribution in [0, 0.1) is 0 Å². The van der Waals surface area contributed by atoms with Crippen LogP contribution >= 0.6 is 0 Å². The van der Waals surface area contributed by atoms with Crippen LogP contribution in [0.3, 0.4) is 0 Å². The minimum Gasteiger partial charge on any atom is -0.322 e. The fourth-order valence-electron chi connectivity index (χ4n) is 3.60. The Bertz CT molecular complexity index is 1350. The molecule has 0 spiro atoms. The van der Waals surface area contributed by atoms with Crippen LogP contribution in [-0.2, 0) is 0 Å². The van der Waals surface area contributed by atoms with E-state index < -0.39 is 0 Å². The molecule has 0 aliphatic heterocycles. The third kappa shape index (κ3) is 4.04. The number of anilines is 2. The van der Waals surface area contributed by atoms with Crippen molar-refractivity contribution in [2.45, 2.75) is 0 Å². The summed E-state index contributed by atoms with van der Waals surface area (Å²) in [5, 5.41) is 10.0. The Morgan fingerprint density at radius 1 is 0.562 bits per heavy atom. The molecule has 5 aromatic rings. The zero-order valence-corrected chi connectivity index (χ0v) is 17.1. The van der Waals surface area contributed by atoms with E-state index in [0.29, 0.717) is 16.9 Å². The van der Waals surface area contributed by atoms with Gasteiger partial charge in [-0.05, 0) is 57.9 Å². The largest absolute Gasteiger partial charge is 0.322 e. The summed E-state index contributed by atoms with van der Waals surface area (Å²) in [6, 6.07) is 30.5. The SMILES string of the molecule is O=C(Nc1ccc2ccccc2c1)c1ccc(C(=O)Nc2ccc3ccccc3c2)nc1. The van der Waals surface area contributed by atoms with E-state index in [2.05, 4.69) is 15.6 Å². The summed E-state index contributed by atoms with van der Waals surface area (Å²) in [6.07, 6.45) is 1.41. The molecule has 0 aliphatic rings. The molecule has 0 bridgehead atoms. The third-order valence-electron chi connectivity index (χ3n) is 5.27. The van der Waals surface area contributed by atoms with Gasteiger partial charge in [0.15, 0.2) is 0 Å². The first-order valence-electron chi connectivity index (χ1n) is 10.2. The van der Waals surface area contributed by atoms with E-state index in [1.165, 1.54) is 6.20 Å². The van der Waals surface area contributed by atoms with Gasteiger partial charge in [-0.15, -0.1) is 0 Å². The highest BCUT2D eigenvalue weighted by Crippen LogP contribution is 2.21. The van der Waals surface area contributed by atoms with Crippen molar-refractivity contribution in [3.05, 3.63) is 115 Å². The lowest BCUT2D eigenvalue weighted by Crippen LogP contribution is -2.16. The van der Waals surface area contributed by atoms with Gasteiger partial charge >= 0.3 is 0 Å². The maximum Gasteiger partial charge on any atom is 0.274 e. The predicted molar refractivity (Wildman–Crippen MR) is 128 cm³/mol. The van der Waals surface area contributed by atoms with E-state index in [1.54, 1.807) is 12.1 Å². The Morgan fingerprint density at radius 3 is 1.62 bits per heavy atom. The second kappa shape index (κ2) is 8.32. The standard InChI is InChI=1S/C27H19N3O2/c31-26(29-23-12-9-18-5-1-3-7-20(18)15-23)22-11-14-25(28-17-22)27(32)30-24-13-10-19-6-2-4-8-21(19)16-24/h1-17H,(H,29,31)(H,30,32). The number of benzene rings is 4. The van der Waals surface area contributed by atoms with E-state index in [4.69, 9.17) is 0 Å². The molecule has 5 nitrogen and oxygen atoms in total. The van der Waals surface area contributed by atoms with Crippen molar-refractivity contribution in [2.24, 2.45) is 0 Å². The summed E-state index contributed by atoms with van der Waals surface area (Å²) >= 11 is 0. The molecule has 2 N–H and O–H groups in total. The van der Waals surface area contributed by atoms with Gasteiger partial charge in [0, 0.05) is 17.6 Å². The number of hydrogen-bond acceptors (Lipinski definition) is 3. The van der Waals surface area contributed by atoms with Gasteiger partial charge in [-0.25, -0.2) is 0 Å². The van der Waals surface area contributed by atoms with Crippen LogP contribution in [0.25, 0.3) is 21.5 Å². The van der Waals surface area contributed by atoms with Crippen LogP contribution in [0.4, 0.5) is 11.4 Å². The Labute approximate surface area is 184 Å². The molecule has 0 unspecified atom stereocenters. The number of amides is 2. The zero-order chi connectivity index (χ0) is 21.9. The lowest BCUT2D eigenvalue weighted by Gasteiger charge is -2.08. The van der Waals surface area contributed by atoms with E-state index in [0.717, 1.165) is 21.5 Å². The fraction of sp³-hybridized carbons (Fsp3) is 0. The molecule has 0 aliphatic carbocycles. The van der Waals surface area contributed by atoms with Gasteiger partial charge in [0.2, 0.25) is 0 Å². The van der Waals surface area contributed by atoms with Gasteiger partial charge in [0.1, 0.15) is 5.69 Å². The Balaban J connectivity index is 1.27. The molecule has 5 rings (SSSR count). The first-order chi connectivity index (χ1) is 15.7. The monoisotopic (exact) mass is 417 g/mol. The number of carbonyl (C=O) groups excluding carboxylic acids is 2. The van der Waals surface area contributed by atoms with E-state index in [-0.39, 0.29) is 17.5 Å². The lowest BCUT2D eigenvalue weighted by atomic mass is 10.1. The molecule has 2 amide bonds. The summed E-state index contributed by atoms with van der Waals surface area (Å²) in [5.41, 5.74) is 2.00. The van der Waals surface area contributed by atoms with Gasteiger partial charge in [-0.2, -0.15) is 0 Å². The normalized spacial score (nSPS) is 10.8. The molecular weight excluding hydrogens is 398 g/mol. The van der Waals surface area contributed by atoms with Crippen molar-refractivity contribution in [3.8, 4) is 0 Å². The van der Waals surface area contributed by atoms with Crippen molar-refractivity contribution >= 4 is 44.7 Å². The zero-order valence-electron chi connectivity index (χ0n) is 17.1. The second-order valence-electron chi connectivity index (χ2n) is 7.46. The molecule has 1 aromatic heterocycles. The highest BCUT2D eigenvalue weighted by atomic mass is 16.2. The average Bonchev–Trinajstić information content (AvgIpc) is 2.84. The van der Waals surface area contributed by atoms with Crippen LogP contribution in [0.5, 0.6) is 0 Å². The number of rotatable bonds is 4. The maximum atomic E-state index is 12.6. The third-order valence-corrected chi connectivity index (χ3v) is 5.27. The average molecular weight is 417 g/mol. The number of fused-ring (bicyclic) bond motifs is 2. The highest BCUT2D eigenvalue weighted by Gasteiger charge is 2.11. The van der Waals surface area contributed by atoms with Crippen LogP contribution < -0.4 is 10.6 Å². The van der Waals surface area contributed by atoms with Crippen molar-refractivity contribution in [1.82, 2.24) is 4.98 Å². The van der Waals surface area contributed by atoms with Gasteiger partial charge in [0.25, 0.3) is 11.8 Å². The summed E-state index contributed by atoms with van der Waals surface area (Å²) in [7, 11) is 0. The van der Waals surface area contributed by atoms with Crippen molar-refractivity contribution < 1.29 is 9.59 Å². The van der Waals surface area contributed by atoms with E-state index >= 15 is 0 Å². The quantitative estimate of drug-likeness (QED) is 0.383. The van der Waals surface area contributed by atoms with Crippen molar-refractivity contribution in [2.75, 3.05) is 10.6 Å². The minimum absolute atomic E-state index is 0.236. The lowest BCUT2D eigenvalue weighted by molar-refractivity contribution is 0.101. The molecule has 32 heavy (non-hydrogen) atoms. The molecule has 0 fully saturated rings. The number of nitrogens with zero attached hydrogens (tertiary/aromatic N) is 1. The molecule has 1 heterocycles. The molecule has 0 radical (unpaired) electrons.